The number of carbonyl (C=O) groups excluding carboxylic acids is 1. The second kappa shape index (κ2) is 9.75. The molecule has 11 nitrogen and oxygen atoms in total. The molecule has 0 bridgehead atoms. The number of nitrogens with one attached hydrogen (secondary N) is 1. The molecule has 0 fully saturated rings. The molecule has 32 heavy (non-hydrogen) atoms. The Kier molecular flexibility index (Phi) is 6.85. The summed E-state index contributed by atoms with van der Waals surface area (Å²) < 4.78 is 0. The largest absolute Gasteiger partial charge is 0.271 e. The molecular weight excluding hydrogens is 436 g/mol. The third-order valence-corrected chi connectivity index (χ3v) is 5.01. The van der Waals surface area contributed by atoms with Crippen molar-refractivity contribution in [3.05, 3.63) is 91.3 Å². The topological polar surface area (TPSA) is 154 Å². The Morgan fingerprint density at radius 3 is 2.31 bits per heavy atom. The normalized spacial score (nSPS) is 10.8. The predicted molar refractivity (Wildman–Crippen MR) is 117 cm³/mol. The number of benzene rings is 2. The molecule has 0 atom stereocenters. The van der Waals surface area contributed by atoms with E-state index in [0.29, 0.717) is 15.6 Å². The molecule has 1 N–H and O–H groups in total. The molecule has 0 saturated carbocycles. The zero-order valence-electron chi connectivity index (χ0n) is 16.9. The summed E-state index contributed by atoms with van der Waals surface area (Å²) in [6.07, 6.45) is 1.26. The molecule has 0 aliphatic carbocycles. The molecule has 1 aromatic heterocycles. The molecule has 0 aliphatic heterocycles. The number of hydrogen-bond donors (Lipinski definition) is 1. The fourth-order valence-corrected chi connectivity index (χ4v) is 3.61. The van der Waals surface area contributed by atoms with Crippen molar-refractivity contribution in [3.63, 3.8) is 0 Å². The fourth-order valence-electron chi connectivity index (χ4n) is 2.67. The monoisotopic (exact) mass is 452 g/mol. The quantitative estimate of drug-likeness (QED) is 0.246. The summed E-state index contributed by atoms with van der Waals surface area (Å²) >= 11 is 1.20. The van der Waals surface area contributed by atoms with Crippen LogP contribution in [-0.2, 0) is 0 Å². The van der Waals surface area contributed by atoms with Crippen LogP contribution in [0.2, 0.25) is 0 Å². The first kappa shape index (κ1) is 22.5. The number of hydrazone groups is 1. The van der Waals surface area contributed by atoms with Gasteiger partial charge in [-0.2, -0.15) is 5.10 Å². The minimum atomic E-state index is -0.665. The molecule has 3 aromatic rings. The Morgan fingerprint density at radius 2 is 1.66 bits per heavy atom. The lowest BCUT2D eigenvalue weighted by Gasteiger charge is -2.06. The summed E-state index contributed by atoms with van der Waals surface area (Å²) in [7, 11) is 0. The van der Waals surface area contributed by atoms with Gasteiger partial charge in [-0.1, -0.05) is 6.07 Å². The van der Waals surface area contributed by atoms with Gasteiger partial charge in [-0.25, -0.2) is 15.4 Å². The molecule has 1 heterocycles. The molecule has 0 radical (unpaired) electrons. The standard InChI is InChI=1S/C20H16N6O5S/c1-12-8-13(2)23-20(22-12)32-18-7-6-17(26(30)31)10-15(18)11-21-24-19(27)14-4-3-5-16(9-14)25(28)29/h3-11H,1-2H3,(H,24,27)/b21-11+. The number of carbonyl (C=O) groups is 1. The first-order chi connectivity index (χ1) is 15.2. The van der Waals surface area contributed by atoms with E-state index in [9.17, 15) is 25.0 Å². The van der Waals surface area contributed by atoms with Gasteiger partial charge in [0.25, 0.3) is 17.3 Å². The van der Waals surface area contributed by atoms with Crippen LogP contribution in [0.4, 0.5) is 11.4 Å². The average molecular weight is 452 g/mol. The van der Waals surface area contributed by atoms with Crippen LogP contribution in [0.15, 0.2) is 63.7 Å². The van der Waals surface area contributed by atoms with E-state index >= 15 is 0 Å². The molecule has 1 amide bonds. The van der Waals surface area contributed by atoms with E-state index in [-0.39, 0.29) is 16.9 Å². The second-order valence-corrected chi connectivity index (χ2v) is 7.53. The SMILES string of the molecule is Cc1cc(C)nc(Sc2ccc([N+](=O)[O-])cc2/C=N/NC(=O)c2cccc([N+](=O)[O-])c2)n1. The highest BCUT2D eigenvalue weighted by Gasteiger charge is 2.14. The lowest BCUT2D eigenvalue weighted by molar-refractivity contribution is -0.385. The maximum Gasteiger partial charge on any atom is 0.271 e. The number of aromatic nitrogens is 2. The lowest BCUT2D eigenvalue weighted by atomic mass is 10.2. The van der Waals surface area contributed by atoms with Gasteiger partial charge in [-0.05, 0) is 43.8 Å². The van der Waals surface area contributed by atoms with Crippen molar-refractivity contribution in [1.82, 2.24) is 15.4 Å². The zero-order valence-corrected chi connectivity index (χ0v) is 17.7. The van der Waals surface area contributed by atoms with Gasteiger partial charge >= 0.3 is 0 Å². The Labute approximate surface area is 185 Å². The van der Waals surface area contributed by atoms with E-state index < -0.39 is 15.8 Å². The Balaban J connectivity index is 1.85. The van der Waals surface area contributed by atoms with Gasteiger partial charge in [0.15, 0.2) is 5.16 Å². The fraction of sp³-hybridized carbons (Fsp3) is 0.100. The van der Waals surface area contributed by atoms with Gasteiger partial charge in [0.05, 0.1) is 16.1 Å². The molecule has 0 aliphatic rings. The van der Waals surface area contributed by atoms with Crippen LogP contribution in [-0.4, -0.2) is 31.9 Å². The molecule has 0 spiro atoms. The van der Waals surface area contributed by atoms with Gasteiger partial charge in [0.2, 0.25) is 0 Å². The first-order valence-corrected chi connectivity index (χ1v) is 9.91. The number of nitro benzene ring substituents is 2. The van der Waals surface area contributed by atoms with Crippen molar-refractivity contribution in [1.29, 1.82) is 0 Å². The van der Waals surface area contributed by atoms with Crippen LogP contribution >= 0.6 is 11.8 Å². The number of non-ortho nitro benzene ring substituents is 2. The molecule has 0 saturated heterocycles. The first-order valence-electron chi connectivity index (χ1n) is 9.09. The van der Waals surface area contributed by atoms with Crippen LogP contribution in [0.25, 0.3) is 0 Å². The summed E-state index contributed by atoms with van der Waals surface area (Å²) in [6, 6.07) is 11.2. The number of hydrogen-bond acceptors (Lipinski definition) is 9. The van der Waals surface area contributed by atoms with Crippen molar-refractivity contribution < 1.29 is 14.6 Å². The Bertz CT molecular complexity index is 1230. The number of rotatable bonds is 7. The van der Waals surface area contributed by atoms with Gasteiger partial charge in [0.1, 0.15) is 0 Å². The van der Waals surface area contributed by atoms with Crippen LogP contribution in [0.1, 0.15) is 27.3 Å². The number of nitrogens with zero attached hydrogens (tertiary/aromatic N) is 5. The third kappa shape index (κ3) is 5.70. The van der Waals surface area contributed by atoms with E-state index in [1.807, 2.05) is 19.9 Å². The second-order valence-electron chi connectivity index (χ2n) is 6.52. The van der Waals surface area contributed by atoms with Gasteiger partial charge in [-0.3, -0.25) is 25.0 Å². The Morgan fingerprint density at radius 1 is 1.00 bits per heavy atom. The van der Waals surface area contributed by atoms with E-state index in [0.717, 1.165) is 17.5 Å². The summed E-state index contributed by atoms with van der Waals surface area (Å²) in [5.74, 6) is -0.665. The van der Waals surface area contributed by atoms with Crippen LogP contribution in [0.3, 0.4) is 0 Å². The number of amides is 1. The molecular formula is C20H16N6O5S. The van der Waals surface area contributed by atoms with E-state index in [4.69, 9.17) is 0 Å². The van der Waals surface area contributed by atoms with Crippen molar-refractivity contribution in [3.8, 4) is 0 Å². The highest BCUT2D eigenvalue weighted by atomic mass is 32.2. The molecule has 0 unspecified atom stereocenters. The van der Waals surface area contributed by atoms with Crippen LogP contribution in [0.5, 0.6) is 0 Å². The number of nitro groups is 2. The minimum Gasteiger partial charge on any atom is -0.267 e. The van der Waals surface area contributed by atoms with Crippen LogP contribution < -0.4 is 5.43 Å². The van der Waals surface area contributed by atoms with E-state index in [2.05, 4.69) is 20.5 Å². The van der Waals surface area contributed by atoms with Gasteiger partial charge in [-0.15, -0.1) is 0 Å². The average Bonchev–Trinajstić information content (AvgIpc) is 2.74. The smallest absolute Gasteiger partial charge is 0.267 e. The molecule has 2 aromatic carbocycles. The van der Waals surface area contributed by atoms with Crippen molar-refractivity contribution in [2.45, 2.75) is 23.9 Å². The van der Waals surface area contributed by atoms with E-state index in [1.165, 1.54) is 48.3 Å². The Hall–Kier alpha value is -4.19. The zero-order chi connectivity index (χ0) is 23.3. The number of aryl methyl sites for hydroxylation is 2. The highest BCUT2D eigenvalue weighted by molar-refractivity contribution is 7.99. The maximum atomic E-state index is 12.3. The third-order valence-electron chi connectivity index (χ3n) is 4.06. The lowest BCUT2D eigenvalue weighted by Crippen LogP contribution is -2.17. The van der Waals surface area contributed by atoms with Crippen molar-refractivity contribution in [2.75, 3.05) is 0 Å². The summed E-state index contributed by atoms with van der Waals surface area (Å²) in [5.41, 5.74) is 3.86. The van der Waals surface area contributed by atoms with Gasteiger partial charge < -0.3 is 0 Å². The highest BCUT2D eigenvalue weighted by Crippen LogP contribution is 2.30. The van der Waals surface area contributed by atoms with E-state index in [1.54, 1.807) is 6.07 Å². The van der Waals surface area contributed by atoms with Crippen molar-refractivity contribution >= 4 is 35.3 Å². The maximum absolute atomic E-state index is 12.3. The van der Waals surface area contributed by atoms with Gasteiger partial charge in [0, 0.05) is 51.7 Å². The molecule has 12 heteroatoms. The summed E-state index contributed by atoms with van der Waals surface area (Å²) in [5, 5.41) is 26.4. The summed E-state index contributed by atoms with van der Waals surface area (Å²) in [6.45, 7) is 3.67. The minimum absolute atomic E-state index is 0.0497. The van der Waals surface area contributed by atoms with Crippen molar-refractivity contribution in [2.24, 2.45) is 5.10 Å². The molecule has 162 valence electrons. The predicted octanol–water partition coefficient (Wildman–Crippen LogP) is 3.82. The summed E-state index contributed by atoms with van der Waals surface area (Å²) in [4.78, 5) is 42.4. The van der Waals surface area contributed by atoms with Crippen LogP contribution in [0, 0.1) is 34.1 Å². The molecule has 3 rings (SSSR count).